The molecular formula is C16H19NO4S. The van der Waals surface area contributed by atoms with Gasteiger partial charge in [-0.1, -0.05) is 13.8 Å². The minimum absolute atomic E-state index is 0.296. The number of carboxylic acid groups (broad SMARTS) is 1. The number of thiazole rings is 1. The third-order valence-corrected chi connectivity index (χ3v) is 4.23. The van der Waals surface area contributed by atoms with Gasteiger partial charge in [-0.3, -0.25) is 0 Å². The van der Waals surface area contributed by atoms with E-state index in [-0.39, 0.29) is 0 Å². The zero-order valence-corrected chi connectivity index (χ0v) is 13.7. The number of ether oxygens (including phenoxy) is 2. The molecule has 6 heteroatoms. The van der Waals surface area contributed by atoms with Gasteiger partial charge in [-0.05, 0) is 31.0 Å². The monoisotopic (exact) mass is 321 g/mol. The minimum Gasteiger partial charge on any atom is -0.493 e. The predicted molar refractivity (Wildman–Crippen MR) is 86.2 cm³/mol. The Morgan fingerprint density at radius 3 is 2.64 bits per heavy atom. The Bertz CT molecular complexity index is 666. The second-order valence-electron chi connectivity index (χ2n) is 4.67. The van der Waals surface area contributed by atoms with Gasteiger partial charge < -0.3 is 14.6 Å². The molecule has 2 aromatic rings. The van der Waals surface area contributed by atoms with Crippen molar-refractivity contribution in [1.29, 1.82) is 0 Å². The van der Waals surface area contributed by atoms with Crippen molar-refractivity contribution in [3.05, 3.63) is 28.8 Å². The number of benzene rings is 1. The van der Waals surface area contributed by atoms with Crippen LogP contribution in [0, 0.1) is 0 Å². The largest absolute Gasteiger partial charge is 0.493 e. The molecule has 1 aromatic heterocycles. The van der Waals surface area contributed by atoms with Gasteiger partial charge in [0.25, 0.3) is 0 Å². The van der Waals surface area contributed by atoms with Crippen LogP contribution in [0.25, 0.3) is 10.6 Å². The molecule has 0 aliphatic heterocycles. The molecule has 22 heavy (non-hydrogen) atoms. The third-order valence-electron chi connectivity index (χ3n) is 3.10. The van der Waals surface area contributed by atoms with E-state index >= 15 is 0 Å². The molecule has 0 aliphatic carbocycles. The average molecular weight is 321 g/mol. The molecular weight excluding hydrogens is 302 g/mol. The van der Waals surface area contributed by atoms with Crippen LogP contribution in [0.3, 0.4) is 0 Å². The summed E-state index contributed by atoms with van der Waals surface area (Å²) in [6, 6.07) is 5.52. The molecule has 0 saturated carbocycles. The zero-order chi connectivity index (χ0) is 16.1. The maximum atomic E-state index is 11.3. The fraction of sp³-hybridized carbons (Fsp3) is 0.375. The quantitative estimate of drug-likeness (QED) is 0.838. The topological polar surface area (TPSA) is 68.7 Å². The van der Waals surface area contributed by atoms with Crippen LogP contribution in [-0.4, -0.2) is 29.8 Å². The normalized spacial score (nSPS) is 10.5. The number of rotatable bonds is 7. The van der Waals surface area contributed by atoms with E-state index in [4.69, 9.17) is 9.47 Å². The number of aryl methyl sites for hydroxylation is 1. The molecule has 0 amide bonds. The lowest BCUT2D eigenvalue weighted by atomic mass is 10.2. The number of carbonyl (C=O) groups is 1. The molecule has 1 N–H and O–H groups in total. The first kappa shape index (κ1) is 16.3. The van der Waals surface area contributed by atoms with Gasteiger partial charge in [0.2, 0.25) is 0 Å². The highest BCUT2D eigenvalue weighted by Gasteiger charge is 2.18. The van der Waals surface area contributed by atoms with Gasteiger partial charge >= 0.3 is 5.97 Å². The van der Waals surface area contributed by atoms with Crippen molar-refractivity contribution in [2.24, 2.45) is 0 Å². The first-order chi connectivity index (χ1) is 10.6. The zero-order valence-electron chi connectivity index (χ0n) is 12.9. The molecule has 118 valence electrons. The van der Waals surface area contributed by atoms with Crippen molar-refractivity contribution < 1.29 is 19.4 Å². The molecule has 0 bridgehead atoms. The van der Waals surface area contributed by atoms with Gasteiger partial charge in [0.1, 0.15) is 9.88 Å². The van der Waals surface area contributed by atoms with Crippen molar-refractivity contribution in [3.8, 4) is 22.1 Å². The highest BCUT2D eigenvalue weighted by atomic mass is 32.1. The second-order valence-corrected chi connectivity index (χ2v) is 5.67. The van der Waals surface area contributed by atoms with E-state index in [2.05, 4.69) is 4.98 Å². The number of aromatic carboxylic acids is 1. The molecule has 0 radical (unpaired) electrons. The van der Waals surface area contributed by atoms with E-state index in [1.54, 1.807) is 7.11 Å². The van der Waals surface area contributed by atoms with Gasteiger partial charge in [0.15, 0.2) is 11.5 Å². The maximum absolute atomic E-state index is 11.3. The van der Waals surface area contributed by atoms with Crippen molar-refractivity contribution in [2.45, 2.75) is 26.7 Å². The Kier molecular flexibility index (Phi) is 5.38. The molecule has 5 nitrogen and oxygen atoms in total. The van der Waals surface area contributed by atoms with E-state index in [0.717, 1.165) is 12.0 Å². The first-order valence-electron chi connectivity index (χ1n) is 7.14. The van der Waals surface area contributed by atoms with Crippen LogP contribution in [0.1, 0.15) is 35.6 Å². The Hall–Kier alpha value is -2.08. The fourth-order valence-corrected chi connectivity index (χ4v) is 3.01. The van der Waals surface area contributed by atoms with E-state index in [1.807, 2.05) is 32.0 Å². The lowest BCUT2D eigenvalue weighted by Crippen LogP contribution is -1.98. The Morgan fingerprint density at radius 2 is 2.09 bits per heavy atom. The molecule has 1 heterocycles. The summed E-state index contributed by atoms with van der Waals surface area (Å²) in [4.78, 5) is 16.0. The van der Waals surface area contributed by atoms with Gasteiger partial charge in [-0.2, -0.15) is 0 Å². The summed E-state index contributed by atoms with van der Waals surface area (Å²) in [5, 5.41) is 9.91. The van der Waals surface area contributed by atoms with Gasteiger partial charge in [0, 0.05) is 5.56 Å². The predicted octanol–water partition coefficient (Wildman–Crippen LogP) is 3.87. The number of aromatic nitrogens is 1. The standard InChI is InChI=1S/C16H19NO4S/c1-4-8-21-13-9-10(6-7-12(13)20-3)15-17-11(5-2)14(22-15)16(18)19/h6-7,9H,4-5,8H2,1-3H3,(H,18,19). The van der Waals surface area contributed by atoms with Crippen LogP contribution in [0.5, 0.6) is 11.5 Å². The van der Waals surface area contributed by atoms with Crippen LogP contribution in [0.15, 0.2) is 18.2 Å². The molecule has 0 spiro atoms. The van der Waals surface area contributed by atoms with Crippen molar-refractivity contribution in [1.82, 2.24) is 4.98 Å². The van der Waals surface area contributed by atoms with Crippen LogP contribution < -0.4 is 9.47 Å². The van der Waals surface area contributed by atoms with Crippen molar-refractivity contribution in [2.75, 3.05) is 13.7 Å². The third kappa shape index (κ3) is 3.39. The summed E-state index contributed by atoms with van der Waals surface area (Å²) < 4.78 is 11.0. The van der Waals surface area contributed by atoms with E-state index in [0.29, 0.717) is 40.1 Å². The number of nitrogens with zero attached hydrogens (tertiary/aromatic N) is 1. The molecule has 0 aliphatic rings. The number of methoxy groups -OCH3 is 1. The lowest BCUT2D eigenvalue weighted by Gasteiger charge is -2.10. The van der Waals surface area contributed by atoms with Crippen LogP contribution in [-0.2, 0) is 6.42 Å². The smallest absolute Gasteiger partial charge is 0.347 e. The van der Waals surface area contributed by atoms with Crippen molar-refractivity contribution in [3.63, 3.8) is 0 Å². The molecule has 0 atom stereocenters. The Balaban J connectivity index is 2.42. The number of hydrogen-bond donors (Lipinski definition) is 1. The van der Waals surface area contributed by atoms with Crippen molar-refractivity contribution >= 4 is 17.3 Å². The van der Waals surface area contributed by atoms with Crippen LogP contribution >= 0.6 is 11.3 Å². The average Bonchev–Trinajstić information content (AvgIpc) is 2.97. The molecule has 1 aromatic carbocycles. The molecule has 0 fully saturated rings. The molecule has 0 unspecified atom stereocenters. The second kappa shape index (κ2) is 7.26. The minimum atomic E-state index is -0.934. The highest BCUT2D eigenvalue weighted by molar-refractivity contribution is 7.17. The summed E-state index contributed by atoms with van der Waals surface area (Å²) in [7, 11) is 1.59. The lowest BCUT2D eigenvalue weighted by molar-refractivity contribution is 0.0701. The SMILES string of the molecule is CCCOc1cc(-c2nc(CC)c(C(=O)O)s2)ccc1OC. The first-order valence-corrected chi connectivity index (χ1v) is 7.96. The number of carboxylic acids is 1. The fourth-order valence-electron chi connectivity index (χ4n) is 2.02. The van der Waals surface area contributed by atoms with Gasteiger partial charge in [-0.15, -0.1) is 11.3 Å². The van der Waals surface area contributed by atoms with Gasteiger partial charge in [0.05, 0.1) is 19.4 Å². The summed E-state index contributed by atoms with van der Waals surface area (Å²) in [5.41, 5.74) is 1.44. The maximum Gasteiger partial charge on any atom is 0.347 e. The summed E-state index contributed by atoms with van der Waals surface area (Å²) in [6.45, 7) is 4.52. The summed E-state index contributed by atoms with van der Waals surface area (Å²) >= 11 is 1.18. The Labute approximate surface area is 133 Å². The number of hydrogen-bond acceptors (Lipinski definition) is 5. The summed E-state index contributed by atoms with van der Waals surface area (Å²) in [6.07, 6.45) is 1.49. The highest BCUT2D eigenvalue weighted by Crippen LogP contribution is 2.35. The van der Waals surface area contributed by atoms with E-state index in [1.165, 1.54) is 11.3 Å². The van der Waals surface area contributed by atoms with E-state index < -0.39 is 5.97 Å². The van der Waals surface area contributed by atoms with Crippen LogP contribution in [0.2, 0.25) is 0 Å². The van der Waals surface area contributed by atoms with E-state index in [9.17, 15) is 9.90 Å². The van der Waals surface area contributed by atoms with Gasteiger partial charge in [-0.25, -0.2) is 9.78 Å². The molecule has 2 rings (SSSR count). The Morgan fingerprint density at radius 1 is 1.32 bits per heavy atom. The summed E-state index contributed by atoms with van der Waals surface area (Å²) in [5.74, 6) is 0.367. The van der Waals surface area contributed by atoms with Crippen LogP contribution in [0.4, 0.5) is 0 Å². The molecule has 0 saturated heterocycles.